The number of rotatable bonds is 6. The smallest absolute Gasteiger partial charge is 0.181 e. The fraction of sp³-hybridized carbons (Fsp3) is 0.125. The highest BCUT2D eigenvalue weighted by molar-refractivity contribution is 7.22. The Morgan fingerprint density at radius 2 is 1.87 bits per heavy atom. The number of aromatic hydroxyl groups is 1. The van der Waals surface area contributed by atoms with Crippen molar-refractivity contribution in [1.82, 2.24) is 4.98 Å². The van der Waals surface area contributed by atoms with E-state index >= 15 is 0 Å². The highest BCUT2D eigenvalue weighted by atomic mass is 32.1. The first-order chi connectivity index (χ1) is 14.7. The number of hydrogen-bond donors (Lipinski definition) is 3. The van der Waals surface area contributed by atoms with Gasteiger partial charge in [-0.1, -0.05) is 65.6 Å². The minimum absolute atomic E-state index is 0.0925. The number of nitrogen functional groups attached to an aromatic ring is 1. The summed E-state index contributed by atoms with van der Waals surface area (Å²) in [6, 6.07) is 21.6. The molecule has 0 aliphatic rings. The zero-order valence-electron chi connectivity index (χ0n) is 16.3. The summed E-state index contributed by atoms with van der Waals surface area (Å²) in [5, 5.41) is 13.8. The molecule has 30 heavy (non-hydrogen) atoms. The Hall–Kier alpha value is -3.69. The van der Waals surface area contributed by atoms with Gasteiger partial charge in [-0.05, 0) is 29.8 Å². The zero-order valence-corrected chi connectivity index (χ0v) is 17.1. The van der Waals surface area contributed by atoms with Gasteiger partial charge in [0, 0.05) is 12.0 Å². The maximum Gasteiger partial charge on any atom is 0.181 e. The largest absolute Gasteiger partial charge is 0.506 e. The van der Waals surface area contributed by atoms with Crippen molar-refractivity contribution in [2.45, 2.75) is 6.42 Å². The summed E-state index contributed by atoms with van der Waals surface area (Å²) in [7, 11) is 0. The van der Waals surface area contributed by atoms with Gasteiger partial charge in [0.1, 0.15) is 17.0 Å². The number of benzene rings is 3. The summed E-state index contributed by atoms with van der Waals surface area (Å²) in [6.45, 7) is 1.05. The number of phenols is 1. The van der Waals surface area contributed by atoms with Crippen LogP contribution in [0.4, 0.5) is 10.8 Å². The van der Waals surface area contributed by atoms with Crippen LogP contribution < -0.4 is 15.8 Å². The Morgan fingerprint density at radius 1 is 1.07 bits per heavy atom. The van der Waals surface area contributed by atoms with Gasteiger partial charge in [-0.25, -0.2) is 4.98 Å². The fourth-order valence-electron chi connectivity index (χ4n) is 3.05. The van der Waals surface area contributed by atoms with E-state index in [1.54, 1.807) is 6.07 Å². The van der Waals surface area contributed by atoms with E-state index in [-0.39, 0.29) is 5.75 Å². The molecule has 0 radical (unpaired) electrons. The van der Waals surface area contributed by atoms with Crippen molar-refractivity contribution in [1.29, 1.82) is 0 Å². The number of nitrogens with two attached hydrogens (primary N) is 1. The number of fused-ring (bicyclic) bond motifs is 1. The van der Waals surface area contributed by atoms with Crippen molar-refractivity contribution in [3.05, 3.63) is 77.9 Å². The quantitative estimate of drug-likeness (QED) is 0.399. The maximum atomic E-state index is 10.1. The summed E-state index contributed by atoms with van der Waals surface area (Å²) in [5.74, 6) is 7.04. The normalized spacial score (nSPS) is 10.4. The number of aromatic nitrogens is 1. The molecular weight excluding hydrogens is 394 g/mol. The Morgan fingerprint density at radius 3 is 2.73 bits per heavy atom. The van der Waals surface area contributed by atoms with Gasteiger partial charge >= 0.3 is 0 Å². The van der Waals surface area contributed by atoms with Gasteiger partial charge in [-0.2, -0.15) is 0 Å². The Balaban J connectivity index is 1.37. The summed E-state index contributed by atoms with van der Waals surface area (Å²) < 4.78 is 6.78. The molecule has 4 N–H and O–H groups in total. The van der Waals surface area contributed by atoms with Crippen molar-refractivity contribution in [2.24, 2.45) is 0 Å². The summed E-state index contributed by atoms with van der Waals surface area (Å²) in [4.78, 5) is 4.12. The van der Waals surface area contributed by atoms with E-state index in [9.17, 15) is 5.11 Å². The molecule has 0 aliphatic heterocycles. The van der Waals surface area contributed by atoms with Crippen LogP contribution in [0.25, 0.3) is 10.2 Å². The van der Waals surface area contributed by atoms with Crippen LogP contribution in [0, 0.1) is 11.8 Å². The molecule has 4 rings (SSSR count). The number of anilines is 2. The van der Waals surface area contributed by atoms with E-state index in [1.165, 1.54) is 16.9 Å². The van der Waals surface area contributed by atoms with Crippen LogP contribution in [0.5, 0.6) is 11.5 Å². The summed E-state index contributed by atoms with van der Waals surface area (Å²) in [6.07, 6.45) is 0.850. The molecule has 150 valence electrons. The minimum atomic E-state index is 0.0925. The lowest BCUT2D eigenvalue weighted by molar-refractivity contribution is 0.323. The second-order valence-electron chi connectivity index (χ2n) is 6.63. The minimum Gasteiger partial charge on any atom is -0.506 e. The Kier molecular flexibility index (Phi) is 6.02. The zero-order chi connectivity index (χ0) is 20.8. The maximum absolute atomic E-state index is 10.1. The van der Waals surface area contributed by atoms with Gasteiger partial charge in [0.15, 0.2) is 5.13 Å². The molecule has 0 unspecified atom stereocenters. The summed E-state index contributed by atoms with van der Waals surface area (Å²) >= 11 is 1.33. The molecule has 6 heteroatoms. The number of hydrogen-bond acceptors (Lipinski definition) is 6. The highest BCUT2D eigenvalue weighted by Crippen LogP contribution is 2.31. The molecule has 0 saturated heterocycles. The van der Waals surface area contributed by atoms with E-state index in [1.807, 2.05) is 48.5 Å². The van der Waals surface area contributed by atoms with Gasteiger partial charge in [0.2, 0.25) is 0 Å². The van der Waals surface area contributed by atoms with E-state index in [2.05, 4.69) is 34.3 Å². The van der Waals surface area contributed by atoms with Crippen molar-refractivity contribution >= 4 is 32.4 Å². The standard InChI is InChI=1S/C24H21N3O2S/c25-24-27-23-20(28)15-18(16-22(23)30-24)9-6-13-26-19-10-4-5-11-21(19)29-14-12-17-7-2-1-3-8-17/h1-5,7-8,10-11,15-16,26,28H,12-14H2,(H2,25,27). The number of thiazole rings is 1. The monoisotopic (exact) mass is 415 g/mol. The average molecular weight is 416 g/mol. The predicted molar refractivity (Wildman–Crippen MR) is 123 cm³/mol. The van der Waals surface area contributed by atoms with Crippen LogP contribution in [0.3, 0.4) is 0 Å². The van der Waals surface area contributed by atoms with E-state index < -0.39 is 0 Å². The molecule has 0 bridgehead atoms. The second kappa shape index (κ2) is 9.21. The number of ether oxygens (including phenoxy) is 1. The van der Waals surface area contributed by atoms with Gasteiger partial charge in [0.25, 0.3) is 0 Å². The number of para-hydroxylation sites is 2. The molecule has 0 atom stereocenters. The van der Waals surface area contributed by atoms with Gasteiger partial charge < -0.3 is 20.9 Å². The van der Waals surface area contributed by atoms with E-state index in [0.29, 0.717) is 23.8 Å². The predicted octanol–water partition coefficient (Wildman–Crippen LogP) is 4.67. The third kappa shape index (κ3) is 4.83. The first-order valence-electron chi connectivity index (χ1n) is 9.56. The third-order valence-electron chi connectivity index (χ3n) is 4.47. The lowest BCUT2D eigenvalue weighted by Crippen LogP contribution is -2.05. The van der Waals surface area contributed by atoms with Gasteiger partial charge in [-0.3, -0.25) is 0 Å². The Bertz CT molecular complexity index is 1210. The molecule has 0 fully saturated rings. The van der Waals surface area contributed by atoms with Crippen LogP contribution >= 0.6 is 11.3 Å². The molecule has 1 aromatic heterocycles. The first kappa shape index (κ1) is 19.6. The molecule has 5 nitrogen and oxygen atoms in total. The second-order valence-corrected chi connectivity index (χ2v) is 7.69. The number of nitrogens with one attached hydrogen (secondary N) is 1. The fourth-order valence-corrected chi connectivity index (χ4v) is 3.84. The van der Waals surface area contributed by atoms with E-state index in [0.717, 1.165) is 28.1 Å². The molecule has 0 saturated carbocycles. The van der Waals surface area contributed by atoms with Crippen molar-refractivity contribution in [3.63, 3.8) is 0 Å². The molecule has 1 heterocycles. The van der Waals surface area contributed by atoms with Crippen LogP contribution in [-0.4, -0.2) is 23.2 Å². The van der Waals surface area contributed by atoms with Crippen molar-refractivity contribution in [2.75, 3.05) is 24.2 Å². The SMILES string of the molecule is Nc1nc2c(O)cc(C#CCNc3ccccc3OCCc3ccccc3)cc2s1. The van der Waals surface area contributed by atoms with Crippen LogP contribution in [0.2, 0.25) is 0 Å². The molecule has 4 aromatic rings. The van der Waals surface area contributed by atoms with Crippen LogP contribution in [0.1, 0.15) is 11.1 Å². The van der Waals surface area contributed by atoms with Crippen molar-refractivity contribution in [3.8, 4) is 23.3 Å². The first-order valence-corrected chi connectivity index (χ1v) is 10.4. The summed E-state index contributed by atoms with van der Waals surface area (Å²) in [5.41, 5.74) is 9.10. The lowest BCUT2D eigenvalue weighted by Gasteiger charge is -2.12. The Labute approximate surface area is 179 Å². The third-order valence-corrected chi connectivity index (χ3v) is 5.30. The number of phenolic OH excluding ortho intramolecular Hbond substituents is 1. The topological polar surface area (TPSA) is 80.4 Å². The lowest BCUT2D eigenvalue weighted by atomic mass is 10.2. The van der Waals surface area contributed by atoms with E-state index in [4.69, 9.17) is 10.5 Å². The molecule has 0 aliphatic carbocycles. The van der Waals surface area contributed by atoms with Crippen LogP contribution in [0.15, 0.2) is 66.7 Å². The van der Waals surface area contributed by atoms with Gasteiger partial charge in [-0.15, -0.1) is 0 Å². The van der Waals surface area contributed by atoms with Crippen LogP contribution in [-0.2, 0) is 6.42 Å². The average Bonchev–Trinajstić information content (AvgIpc) is 3.14. The van der Waals surface area contributed by atoms with Crippen molar-refractivity contribution < 1.29 is 9.84 Å². The van der Waals surface area contributed by atoms with Gasteiger partial charge in [0.05, 0.1) is 23.5 Å². The number of nitrogens with zero attached hydrogens (tertiary/aromatic N) is 1. The molecule has 0 spiro atoms. The molecular formula is C24H21N3O2S. The highest BCUT2D eigenvalue weighted by Gasteiger charge is 2.07. The molecule has 0 amide bonds. The molecule has 3 aromatic carbocycles.